The number of ether oxygens (including phenoxy) is 1. The van der Waals surface area contributed by atoms with E-state index in [0.717, 1.165) is 133 Å². The molecule has 5 aliphatic rings. The molecule has 11 heterocycles. The standard InChI is InChI=1S/C22H24N4O2S2.C22H24N4OS2.C19H19N5O3S/c27-20(17-14-30-21(25-17)19-6-3-13-29-19)24-16-4-1-2-5-18(16)26-10-7-22(8-11-26)15-23-9-12-28-22;27-20(17-14-29-21(25-17)19-6-3-13-28-19)24-16-4-1-2-5-18(16)26-11-8-22(9-12-26)7-10-23-15-22;25-13-5-7-24(8-6-13)16-4-2-1-3-14(16)22-17(26)15-11-28-18(23-15)12-9-20-19(27)21-10-12/h1-6,13-14,23H,7-12,15H2,(H,24,27);1-6,13-14,23H,7-12,15H2,(H,24,27);1-4,9-11,13,25H,5-8H2,(H,22,26)(H,20,21,27). The highest BCUT2D eigenvalue weighted by atomic mass is 32.1. The van der Waals surface area contributed by atoms with E-state index in [1.165, 1.54) is 65.7 Å². The van der Waals surface area contributed by atoms with Gasteiger partial charge in [0.2, 0.25) is 0 Å². The highest BCUT2D eigenvalue weighted by molar-refractivity contribution is 7.20. The Hall–Kier alpha value is -7.52. The van der Waals surface area contributed by atoms with Crippen LogP contribution in [-0.4, -0.2) is 132 Å². The summed E-state index contributed by atoms with van der Waals surface area (Å²) >= 11 is 7.59. The summed E-state index contributed by atoms with van der Waals surface area (Å²) < 4.78 is 6.11. The van der Waals surface area contributed by atoms with E-state index in [0.29, 0.717) is 51.6 Å². The van der Waals surface area contributed by atoms with Crippen molar-refractivity contribution < 1.29 is 24.2 Å². The van der Waals surface area contributed by atoms with Gasteiger partial charge in [-0.3, -0.25) is 14.4 Å². The molecule has 6 aromatic heterocycles. The number of carbonyl (C=O) groups is 3. The Bertz CT molecular complexity index is 3790. The van der Waals surface area contributed by atoms with Crippen molar-refractivity contribution in [1.82, 2.24) is 35.6 Å². The molecule has 3 aromatic carbocycles. The number of nitrogens with one attached hydrogen (secondary N) is 6. The Morgan fingerprint density at radius 2 is 1.02 bits per heavy atom. The molecule has 24 heteroatoms. The molecule has 0 aliphatic carbocycles. The highest BCUT2D eigenvalue weighted by Crippen LogP contribution is 2.41. The Kier molecular flexibility index (Phi) is 19.0. The number of morpholine rings is 1. The van der Waals surface area contributed by atoms with Gasteiger partial charge in [-0.25, -0.2) is 24.7 Å². The number of aromatic nitrogens is 5. The van der Waals surface area contributed by atoms with Crippen LogP contribution in [0.5, 0.6) is 0 Å². The lowest BCUT2D eigenvalue weighted by molar-refractivity contribution is -0.0799. The quantitative estimate of drug-likeness (QED) is 0.0603. The molecule has 0 unspecified atom stereocenters. The minimum absolute atomic E-state index is 0.0360. The number of benzene rings is 3. The number of H-pyrrole nitrogens is 1. The molecule has 0 bridgehead atoms. The van der Waals surface area contributed by atoms with Crippen molar-refractivity contribution in [2.45, 2.75) is 56.7 Å². The zero-order chi connectivity index (χ0) is 59.6. The van der Waals surface area contributed by atoms with Crippen LogP contribution in [0.4, 0.5) is 34.1 Å². The average molecular weight is 1260 g/mol. The third kappa shape index (κ3) is 14.6. The van der Waals surface area contributed by atoms with Crippen molar-refractivity contribution in [2.24, 2.45) is 5.41 Å². The number of para-hydroxylation sites is 6. The predicted molar refractivity (Wildman–Crippen MR) is 352 cm³/mol. The first kappa shape index (κ1) is 59.8. The third-order valence-corrected chi connectivity index (χ3v) is 21.2. The van der Waals surface area contributed by atoms with Crippen molar-refractivity contribution >= 4 is 109 Å². The topological polar surface area (TPSA) is 235 Å². The number of thiazole rings is 3. The van der Waals surface area contributed by atoms with Crippen molar-refractivity contribution in [1.29, 1.82) is 0 Å². The van der Waals surface area contributed by atoms with Crippen molar-refractivity contribution in [3.05, 3.63) is 164 Å². The van der Waals surface area contributed by atoms with Gasteiger partial charge in [-0.05, 0) is 116 Å². The van der Waals surface area contributed by atoms with Crippen molar-refractivity contribution in [3.8, 4) is 30.3 Å². The normalized spacial score (nSPS) is 17.2. The number of aliphatic hydroxyl groups excluding tert-OH is 1. The minimum atomic E-state index is -0.430. The zero-order valence-corrected chi connectivity index (χ0v) is 51.8. The van der Waals surface area contributed by atoms with Crippen LogP contribution in [-0.2, 0) is 4.74 Å². The van der Waals surface area contributed by atoms with Gasteiger partial charge >= 0.3 is 5.69 Å². The Morgan fingerprint density at radius 3 is 1.47 bits per heavy atom. The van der Waals surface area contributed by atoms with Gasteiger partial charge in [0.25, 0.3) is 17.7 Å². The number of nitrogens with zero attached hydrogens (tertiary/aromatic N) is 7. The van der Waals surface area contributed by atoms with Gasteiger partial charge in [-0.2, -0.15) is 0 Å². The summed E-state index contributed by atoms with van der Waals surface area (Å²) in [6.45, 7) is 10.3. The number of anilines is 6. The number of thiophene rings is 2. The lowest BCUT2D eigenvalue weighted by Gasteiger charge is -2.45. The number of hydrogen-bond donors (Lipinski definition) is 7. The molecule has 3 amide bonds. The maximum absolute atomic E-state index is 12.9. The number of amides is 3. The number of piperidine rings is 3. The second kappa shape index (κ2) is 27.7. The molecule has 0 saturated carbocycles. The van der Waals surface area contributed by atoms with Crippen LogP contribution in [0.2, 0.25) is 0 Å². The molecule has 5 saturated heterocycles. The van der Waals surface area contributed by atoms with Crippen LogP contribution in [0.3, 0.4) is 0 Å². The van der Waals surface area contributed by atoms with Gasteiger partial charge in [0.05, 0.1) is 62.2 Å². The zero-order valence-electron chi connectivity index (χ0n) is 47.7. The molecule has 14 rings (SSSR count). The monoisotopic (exact) mass is 1260 g/mol. The maximum Gasteiger partial charge on any atom is 0.344 e. The second-order valence-electron chi connectivity index (χ2n) is 22.1. The van der Waals surface area contributed by atoms with Crippen molar-refractivity contribution in [2.75, 3.05) is 103 Å². The van der Waals surface area contributed by atoms with E-state index in [4.69, 9.17) is 4.74 Å². The molecule has 19 nitrogen and oxygen atoms in total. The van der Waals surface area contributed by atoms with Gasteiger partial charge in [-0.1, -0.05) is 48.5 Å². The van der Waals surface area contributed by atoms with E-state index < -0.39 is 5.69 Å². The summed E-state index contributed by atoms with van der Waals surface area (Å²) in [5.74, 6) is -0.621. The van der Waals surface area contributed by atoms with Gasteiger partial charge in [0, 0.05) is 93.0 Å². The van der Waals surface area contributed by atoms with E-state index in [-0.39, 0.29) is 29.4 Å². The highest BCUT2D eigenvalue weighted by Gasteiger charge is 2.39. The first-order valence-electron chi connectivity index (χ1n) is 29.2. The summed E-state index contributed by atoms with van der Waals surface area (Å²) in [6.07, 6.45) is 9.79. The largest absolute Gasteiger partial charge is 0.393 e. The van der Waals surface area contributed by atoms with E-state index in [9.17, 15) is 24.3 Å². The second-order valence-corrected chi connectivity index (χ2v) is 26.6. The van der Waals surface area contributed by atoms with E-state index in [2.05, 4.69) is 78.3 Å². The molecule has 0 atom stereocenters. The maximum atomic E-state index is 12.9. The summed E-state index contributed by atoms with van der Waals surface area (Å²) in [5, 5.41) is 37.6. The number of hydrogen-bond acceptors (Lipinski definition) is 20. The molecule has 7 N–H and O–H groups in total. The van der Waals surface area contributed by atoms with Crippen LogP contribution < -0.4 is 47.0 Å². The Morgan fingerprint density at radius 1 is 0.552 bits per heavy atom. The fourth-order valence-corrected chi connectivity index (χ4v) is 15.6. The van der Waals surface area contributed by atoms with E-state index >= 15 is 0 Å². The van der Waals surface area contributed by atoms with Crippen molar-refractivity contribution in [3.63, 3.8) is 0 Å². The summed E-state index contributed by atoms with van der Waals surface area (Å²) in [5.41, 5.74) is 7.39. The number of aromatic amines is 1. The number of aliphatic hydroxyl groups is 1. The predicted octanol–water partition coefficient (Wildman–Crippen LogP) is 10.9. The van der Waals surface area contributed by atoms with Crippen LogP contribution in [0.15, 0.2) is 141 Å². The van der Waals surface area contributed by atoms with Crippen LogP contribution in [0.1, 0.15) is 76.4 Å². The van der Waals surface area contributed by atoms with Gasteiger partial charge < -0.3 is 56.1 Å². The first-order chi connectivity index (χ1) is 42.5. The lowest BCUT2D eigenvalue weighted by atomic mass is 9.77. The van der Waals surface area contributed by atoms with Crippen LogP contribution in [0.25, 0.3) is 30.3 Å². The molecule has 2 spiro atoms. The van der Waals surface area contributed by atoms with Gasteiger partial charge in [0.15, 0.2) is 0 Å². The molecule has 0 radical (unpaired) electrons. The first-order valence-corrected chi connectivity index (χ1v) is 33.6. The Labute approximate surface area is 524 Å². The molecule has 5 fully saturated rings. The third-order valence-electron chi connectivity index (χ3n) is 16.5. The van der Waals surface area contributed by atoms with E-state index in [1.807, 2.05) is 106 Å². The molecule has 9 aromatic rings. The van der Waals surface area contributed by atoms with Crippen LogP contribution in [0, 0.1) is 5.41 Å². The number of carbonyl (C=O) groups excluding carboxylic acids is 3. The molecule has 450 valence electrons. The summed E-state index contributed by atoms with van der Waals surface area (Å²) in [7, 11) is 0. The minimum Gasteiger partial charge on any atom is -0.393 e. The fourth-order valence-electron chi connectivity index (χ4n) is 11.6. The van der Waals surface area contributed by atoms with Crippen LogP contribution >= 0.6 is 56.7 Å². The molecular formula is C63H67N13O6S5. The van der Waals surface area contributed by atoms with E-state index in [1.54, 1.807) is 28.1 Å². The molecule has 5 aliphatic heterocycles. The summed E-state index contributed by atoms with van der Waals surface area (Å²) in [4.78, 5) is 78.2. The Balaban J connectivity index is 0.000000127. The SMILES string of the molecule is O=C(Nc1ccccc1N1CCC(O)CC1)c1csc(-c2cnc(=O)[nH]c2)n1.O=C(Nc1ccccc1N1CCC2(CC1)CNCCO2)c1csc(-c2cccs2)n1.O=C(Nc1ccccc1N1CCC2(CCNC2)CC1)c1csc(-c2cccs2)n1. The summed E-state index contributed by atoms with van der Waals surface area (Å²) in [6, 6.07) is 31.8. The smallest absolute Gasteiger partial charge is 0.344 e. The fraction of sp³-hybridized carbons (Fsp3) is 0.333. The number of rotatable bonds is 12. The van der Waals surface area contributed by atoms with Gasteiger partial charge in [-0.15, -0.1) is 56.7 Å². The van der Waals surface area contributed by atoms with Gasteiger partial charge in [0.1, 0.15) is 32.1 Å². The lowest BCUT2D eigenvalue weighted by Crippen LogP contribution is -2.55. The molecular weight excluding hydrogens is 1200 g/mol. The average Bonchev–Trinajstić information content (AvgIpc) is 4.48. The molecule has 87 heavy (non-hydrogen) atoms.